The van der Waals surface area contributed by atoms with Crippen LogP contribution in [0.15, 0.2) is 12.4 Å². The average Bonchev–Trinajstić information content (AvgIpc) is 2.81. The van der Waals surface area contributed by atoms with Crippen LogP contribution in [0.5, 0.6) is 0 Å². The number of Topliss-reactive ketones (excluding diaryl/α,β-unsaturated/α-hetero) is 1. The maximum Gasteiger partial charge on any atom is 0.168 e. The van der Waals surface area contributed by atoms with Gasteiger partial charge in [0.2, 0.25) is 0 Å². The van der Waals surface area contributed by atoms with Gasteiger partial charge in [0.05, 0.1) is 11.8 Å². The Hall–Kier alpha value is -1.12. The van der Waals surface area contributed by atoms with Gasteiger partial charge in [-0.25, -0.2) is 0 Å². The normalized spacial score (nSPS) is 16.2. The molecule has 0 unspecified atom stereocenters. The molecule has 76 valence electrons. The maximum atomic E-state index is 11.6. The van der Waals surface area contributed by atoms with E-state index in [1.165, 1.54) is 12.8 Å². The number of carbonyl (C=O) groups is 1. The highest BCUT2D eigenvalue weighted by Crippen LogP contribution is 2.30. The molecule has 0 saturated heterocycles. The van der Waals surface area contributed by atoms with E-state index in [4.69, 9.17) is 0 Å². The highest BCUT2D eigenvalue weighted by Gasteiger charge is 2.22. The lowest BCUT2D eigenvalue weighted by molar-refractivity contribution is 0.0939. The lowest BCUT2D eigenvalue weighted by Gasteiger charge is -1.99. The number of hydrogen-bond donors (Lipinski definition) is 0. The molecule has 1 aromatic rings. The molecule has 1 heterocycles. The van der Waals surface area contributed by atoms with Crippen molar-refractivity contribution in [2.24, 2.45) is 11.8 Å². The summed E-state index contributed by atoms with van der Waals surface area (Å²) in [5.74, 6) is 1.05. The van der Waals surface area contributed by atoms with Gasteiger partial charge in [0.15, 0.2) is 5.78 Å². The first kappa shape index (κ1) is 9.44. The van der Waals surface area contributed by atoms with Gasteiger partial charge < -0.3 is 0 Å². The minimum absolute atomic E-state index is 0.0635. The van der Waals surface area contributed by atoms with E-state index in [2.05, 4.69) is 5.10 Å². The minimum Gasteiger partial charge on any atom is -0.294 e. The van der Waals surface area contributed by atoms with Crippen LogP contribution in [-0.2, 0) is 6.54 Å². The predicted molar refractivity (Wildman–Crippen MR) is 54.1 cm³/mol. The molecule has 1 fully saturated rings. The standard InChI is InChI=1S/C11H16N2O/c1-8(2)11(14)10-5-12-13(7-10)6-9-3-4-9/h5,7-9H,3-4,6H2,1-2H3. The molecule has 2 rings (SSSR count). The number of hydrogen-bond acceptors (Lipinski definition) is 2. The molecule has 1 saturated carbocycles. The van der Waals surface area contributed by atoms with Crippen LogP contribution in [0.3, 0.4) is 0 Å². The third-order valence-corrected chi connectivity index (χ3v) is 2.58. The Kier molecular flexibility index (Phi) is 2.40. The van der Waals surface area contributed by atoms with Crippen LogP contribution in [-0.4, -0.2) is 15.6 Å². The third kappa shape index (κ3) is 2.03. The largest absolute Gasteiger partial charge is 0.294 e. The summed E-state index contributed by atoms with van der Waals surface area (Å²) in [7, 11) is 0. The number of aromatic nitrogens is 2. The van der Waals surface area contributed by atoms with E-state index < -0.39 is 0 Å². The van der Waals surface area contributed by atoms with Gasteiger partial charge in [0.25, 0.3) is 0 Å². The van der Waals surface area contributed by atoms with Crippen molar-refractivity contribution in [2.75, 3.05) is 0 Å². The van der Waals surface area contributed by atoms with E-state index >= 15 is 0 Å². The Morgan fingerprint density at radius 1 is 1.64 bits per heavy atom. The molecule has 0 radical (unpaired) electrons. The van der Waals surface area contributed by atoms with Crippen molar-refractivity contribution in [2.45, 2.75) is 33.2 Å². The topological polar surface area (TPSA) is 34.9 Å². The fourth-order valence-electron chi connectivity index (χ4n) is 1.49. The molecule has 1 aromatic heterocycles. The highest BCUT2D eigenvalue weighted by molar-refractivity contribution is 5.96. The highest BCUT2D eigenvalue weighted by atomic mass is 16.1. The average molecular weight is 192 g/mol. The fourth-order valence-corrected chi connectivity index (χ4v) is 1.49. The van der Waals surface area contributed by atoms with Gasteiger partial charge in [0, 0.05) is 18.7 Å². The van der Waals surface area contributed by atoms with Gasteiger partial charge in [-0.2, -0.15) is 5.10 Å². The number of carbonyl (C=O) groups excluding carboxylic acids is 1. The Morgan fingerprint density at radius 3 is 2.93 bits per heavy atom. The van der Waals surface area contributed by atoms with Crippen LogP contribution < -0.4 is 0 Å². The number of rotatable bonds is 4. The fraction of sp³-hybridized carbons (Fsp3) is 0.636. The van der Waals surface area contributed by atoms with Crippen LogP contribution in [0.4, 0.5) is 0 Å². The van der Waals surface area contributed by atoms with Crippen LogP contribution in [0.25, 0.3) is 0 Å². The molecule has 14 heavy (non-hydrogen) atoms. The van der Waals surface area contributed by atoms with E-state index in [1.807, 2.05) is 24.7 Å². The summed E-state index contributed by atoms with van der Waals surface area (Å²) in [6, 6.07) is 0. The van der Waals surface area contributed by atoms with Crippen molar-refractivity contribution in [1.82, 2.24) is 9.78 Å². The zero-order valence-corrected chi connectivity index (χ0v) is 8.73. The van der Waals surface area contributed by atoms with Crippen molar-refractivity contribution in [1.29, 1.82) is 0 Å². The van der Waals surface area contributed by atoms with Crippen molar-refractivity contribution in [3.8, 4) is 0 Å². The first-order valence-corrected chi connectivity index (χ1v) is 5.23. The lowest BCUT2D eigenvalue weighted by atomic mass is 10.1. The Balaban J connectivity index is 2.04. The third-order valence-electron chi connectivity index (χ3n) is 2.58. The van der Waals surface area contributed by atoms with Crippen molar-refractivity contribution in [3.05, 3.63) is 18.0 Å². The van der Waals surface area contributed by atoms with Crippen LogP contribution in [0, 0.1) is 11.8 Å². The monoisotopic (exact) mass is 192 g/mol. The summed E-state index contributed by atoms with van der Waals surface area (Å²) >= 11 is 0. The maximum absolute atomic E-state index is 11.6. The van der Waals surface area contributed by atoms with Crippen LogP contribution in [0.1, 0.15) is 37.0 Å². The second-order valence-corrected chi connectivity index (χ2v) is 4.41. The van der Waals surface area contributed by atoms with Gasteiger partial charge >= 0.3 is 0 Å². The van der Waals surface area contributed by atoms with E-state index in [1.54, 1.807) is 6.20 Å². The summed E-state index contributed by atoms with van der Waals surface area (Å²) in [4.78, 5) is 11.6. The summed E-state index contributed by atoms with van der Waals surface area (Å²) in [6.07, 6.45) is 6.19. The Labute approximate surface area is 84.1 Å². The Morgan fingerprint density at radius 2 is 2.36 bits per heavy atom. The molecule has 0 bridgehead atoms. The summed E-state index contributed by atoms with van der Waals surface area (Å²) in [6.45, 7) is 4.81. The van der Waals surface area contributed by atoms with Crippen molar-refractivity contribution < 1.29 is 4.79 Å². The molecule has 0 aromatic carbocycles. The van der Waals surface area contributed by atoms with Gasteiger partial charge in [-0.1, -0.05) is 13.8 Å². The van der Waals surface area contributed by atoms with Gasteiger partial charge in [-0.15, -0.1) is 0 Å². The Bertz CT molecular complexity index is 337. The molecule has 0 spiro atoms. The first-order valence-electron chi connectivity index (χ1n) is 5.23. The molecule has 0 aliphatic heterocycles. The SMILES string of the molecule is CC(C)C(=O)c1cnn(CC2CC2)c1. The van der Waals surface area contributed by atoms with E-state index in [-0.39, 0.29) is 11.7 Å². The summed E-state index contributed by atoms with van der Waals surface area (Å²) < 4.78 is 1.90. The molecule has 1 aliphatic rings. The molecular weight excluding hydrogens is 176 g/mol. The summed E-state index contributed by atoms with van der Waals surface area (Å²) in [5, 5.41) is 4.20. The zero-order valence-electron chi connectivity index (χ0n) is 8.73. The van der Waals surface area contributed by atoms with Crippen LogP contribution in [0.2, 0.25) is 0 Å². The van der Waals surface area contributed by atoms with Gasteiger partial charge in [0.1, 0.15) is 0 Å². The van der Waals surface area contributed by atoms with Crippen LogP contribution >= 0.6 is 0 Å². The molecule has 0 N–H and O–H groups in total. The molecule has 0 atom stereocenters. The molecule has 3 nitrogen and oxygen atoms in total. The van der Waals surface area contributed by atoms with Crippen molar-refractivity contribution in [3.63, 3.8) is 0 Å². The lowest BCUT2D eigenvalue weighted by Crippen LogP contribution is -2.06. The van der Waals surface area contributed by atoms with Gasteiger partial charge in [-0.3, -0.25) is 9.48 Å². The minimum atomic E-state index is 0.0635. The first-order chi connectivity index (χ1) is 6.66. The number of ketones is 1. The zero-order chi connectivity index (χ0) is 10.1. The second-order valence-electron chi connectivity index (χ2n) is 4.41. The van der Waals surface area contributed by atoms with Gasteiger partial charge in [-0.05, 0) is 18.8 Å². The predicted octanol–water partition coefficient (Wildman–Crippen LogP) is 2.13. The molecule has 1 aliphatic carbocycles. The summed E-state index contributed by atoms with van der Waals surface area (Å²) in [5.41, 5.74) is 0.751. The van der Waals surface area contributed by atoms with E-state index in [0.717, 1.165) is 18.0 Å². The quantitative estimate of drug-likeness (QED) is 0.685. The molecule has 3 heteroatoms. The number of nitrogens with zero attached hydrogens (tertiary/aromatic N) is 2. The second kappa shape index (κ2) is 3.56. The van der Waals surface area contributed by atoms with E-state index in [9.17, 15) is 4.79 Å². The van der Waals surface area contributed by atoms with Crippen molar-refractivity contribution >= 4 is 5.78 Å². The molecule has 0 amide bonds. The molecular formula is C11H16N2O. The van der Waals surface area contributed by atoms with E-state index in [0.29, 0.717) is 0 Å². The smallest absolute Gasteiger partial charge is 0.168 e.